The number of hydrogen-bond donors (Lipinski definition) is 2. The summed E-state index contributed by atoms with van der Waals surface area (Å²) in [6.45, 7) is 7.41. The van der Waals surface area contributed by atoms with Crippen LogP contribution in [0.25, 0.3) is 0 Å². The number of amides is 1. The molecular formula is C18H22N2O. The fourth-order valence-electron chi connectivity index (χ4n) is 2.27. The van der Waals surface area contributed by atoms with Crippen LogP contribution in [0.3, 0.4) is 0 Å². The number of nitrogens with one attached hydrogen (secondary N) is 2. The highest BCUT2D eigenvalue weighted by Gasteiger charge is 2.11. The lowest BCUT2D eigenvalue weighted by Crippen LogP contribution is -2.24. The van der Waals surface area contributed by atoms with Crippen molar-refractivity contribution in [3.8, 4) is 0 Å². The van der Waals surface area contributed by atoms with Crippen LogP contribution in [0.1, 0.15) is 34.0 Å². The number of benzene rings is 2. The molecule has 0 atom stereocenters. The Balaban J connectivity index is 2.13. The molecule has 0 heterocycles. The maximum absolute atomic E-state index is 12.4. The van der Waals surface area contributed by atoms with Crippen LogP contribution in [0, 0.1) is 13.8 Å². The van der Waals surface area contributed by atoms with Crippen molar-refractivity contribution in [2.24, 2.45) is 0 Å². The Hall–Kier alpha value is -2.29. The van der Waals surface area contributed by atoms with Crippen molar-refractivity contribution in [1.82, 2.24) is 5.32 Å². The lowest BCUT2D eigenvalue weighted by molar-refractivity contribution is 0.0951. The molecule has 0 spiro atoms. The topological polar surface area (TPSA) is 41.1 Å². The van der Waals surface area contributed by atoms with Gasteiger partial charge in [-0.2, -0.15) is 0 Å². The van der Waals surface area contributed by atoms with E-state index in [4.69, 9.17) is 0 Å². The normalized spacial score (nSPS) is 10.2. The average Bonchev–Trinajstić information content (AvgIpc) is 2.48. The first-order chi connectivity index (χ1) is 10.1. The molecule has 0 saturated heterocycles. The van der Waals surface area contributed by atoms with E-state index >= 15 is 0 Å². The molecule has 1 amide bonds. The van der Waals surface area contributed by atoms with Crippen LogP contribution in [0.15, 0.2) is 42.5 Å². The van der Waals surface area contributed by atoms with Gasteiger partial charge >= 0.3 is 0 Å². The fourth-order valence-corrected chi connectivity index (χ4v) is 2.27. The number of carbonyl (C=O) groups is 1. The summed E-state index contributed by atoms with van der Waals surface area (Å²) in [5, 5.41) is 6.24. The van der Waals surface area contributed by atoms with Crippen LogP contribution in [0.4, 0.5) is 5.69 Å². The third-order valence-corrected chi connectivity index (χ3v) is 3.49. The summed E-state index contributed by atoms with van der Waals surface area (Å²) >= 11 is 0. The van der Waals surface area contributed by atoms with Crippen molar-refractivity contribution in [3.63, 3.8) is 0 Å². The zero-order valence-electron chi connectivity index (χ0n) is 12.9. The van der Waals surface area contributed by atoms with Gasteiger partial charge in [-0.1, -0.05) is 35.9 Å². The average molecular weight is 282 g/mol. The quantitative estimate of drug-likeness (QED) is 0.878. The van der Waals surface area contributed by atoms with Gasteiger partial charge in [-0.15, -0.1) is 0 Å². The largest absolute Gasteiger partial charge is 0.385 e. The predicted molar refractivity (Wildman–Crippen MR) is 87.7 cm³/mol. The summed E-state index contributed by atoms with van der Waals surface area (Å²) in [5.74, 6) is -0.0436. The van der Waals surface area contributed by atoms with E-state index in [9.17, 15) is 4.79 Å². The molecule has 2 aromatic rings. The van der Waals surface area contributed by atoms with Crippen molar-refractivity contribution < 1.29 is 4.79 Å². The van der Waals surface area contributed by atoms with Gasteiger partial charge in [-0.05, 0) is 44.0 Å². The standard InChI is InChI=1S/C18H22N2O/c1-4-19-17-10-9-13(2)11-16(17)18(21)20-12-15-8-6-5-7-14(15)3/h5-11,19H,4,12H2,1-3H3,(H,20,21). The molecule has 0 aliphatic carbocycles. The van der Waals surface area contributed by atoms with Crippen molar-refractivity contribution >= 4 is 11.6 Å². The monoisotopic (exact) mass is 282 g/mol. The number of carbonyl (C=O) groups excluding carboxylic acids is 1. The minimum absolute atomic E-state index is 0.0436. The summed E-state index contributed by atoms with van der Waals surface area (Å²) in [6.07, 6.45) is 0. The lowest BCUT2D eigenvalue weighted by Gasteiger charge is -2.13. The number of hydrogen-bond acceptors (Lipinski definition) is 2. The van der Waals surface area contributed by atoms with E-state index in [-0.39, 0.29) is 5.91 Å². The van der Waals surface area contributed by atoms with Crippen molar-refractivity contribution in [1.29, 1.82) is 0 Å². The lowest BCUT2D eigenvalue weighted by atomic mass is 10.1. The molecule has 0 fully saturated rings. The second kappa shape index (κ2) is 6.93. The first-order valence-electron chi connectivity index (χ1n) is 7.29. The van der Waals surface area contributed by atoms with Crippen molar-refractivity contribution in [3.05, 3.63) is 64.7 Å². The molecule has 2 rings (SSSR count). The highest BCUT2D eigenvalue weighted by molar-refractivity contribution is 5.99. The van der Waals surface area contributed by atoms with Gasteiger partial charge in [0.1, 0.15) is 0 Å². The number of aryl methyl sites for hydroxylation is 2. The second-order valence-electron chi connectivity index (χ2n) is 5.19. The van der Waals surface area contributed by atoms with Gasteiger partial charge in [0.2, 0.25) is 0 Å². The first-order valence-corrected chi connectivity index (χ1v) is 7.29. The SMILES string of the molecule is CCNc1ccc(C)cc1C(=O)NCc1ccccc1C. The minimum Gasteiger partial charge on any atom is -0.385 e. The maximum Gasteiger partial charge on any atom is 0.253 e. The zero-order chi connectivity index (χ0) is 15.2. The Bertz CT molecular complexity index is 635. The molecule has 0 radical (unpaired) electrons. The van der Waals surface area contributed by atoms with E-state index in [1.807, 2.05) is 50.2 Å². The molecular weight excluding hydrogens is 260 g/mol. The molecule has 3 nitrogen and oxygen atoms in total. The number of rotatable bonds is 5. The molecule has 110 valence electrons. The van der Waals surface area contributed by atoms with Gasteiger partial charge in [-0.25, -0.2) is 0 Å². The van der Waals surface area contributed by atoms with Gasteiger partial charge in [0.05, 0.1) is 5.56 Å². The molecule has 3 heteroatoms. The Kier molecular flexibility index (Phi) is 4.99. The Morgan fingerprint density at radius 1 is 1.10 bits per heavy atom. The Labute approximate surface area is 126 Å². The van der Waals surface area contributed by atoms with Crippen LogP contribution in [0.5, 0.6) is 0 Å². The molecule has 0 unspecified atom stereocenters. The first kappa shape index (κ1) is 15.1. The van der Waals surface area contributed by atoms with Crippen LogP contribution in [-0.4, -0.2) is 12.5 Å². The molecule has 0 bridgehead atoms. The molecule has 0 aromatic heterocycles. The maximum atomic E-state index is 12.4. The molecule has 0 aliphatic heterocycles. The Morgan fingerprint density at radius 2 is 1.86 bits per heavy atom. The van der Waals surface area contributed by atoms with Gasteiger partial charge in [0.15, 0.2) is 0 Å². The summed E-state index contributed by atoms with van der Waals surface area (Å²) in [5.41, 5.74) is 4.99. The molecule has 2 aromatic carbocycles. The fraction of sp³-hybridized carbons (Fsp3) is 0.278. The van der Waals surface area contributed by atoms with E-state index in [0.717, 1.165) is 23.4 Å². The van der Waals surface area contributed by atoms with E-state index in [1.165, 1.54) is 5.56 Å². The van der Waals surface area contributed by atoms with Crippen LogP contribution in [-0.2, 0) is 6.54 Å². The smallest absolute Gasteiger partial charge is 0.253 e. The molecule has 0 aliphatic rings. The van der Waals surface area contributed by atoms with Crippen molar-refractivity contribution in [2.45, 2.75) is 27.3 Å². The summed E-state index contributed by atoms with van der Waals surface area (Å²) < 4.78 is 0. The second-order valence-corrected chi connectivity index (χ2v) is 5.19. The van der Waals surface area contributed by atoms with Gasteiger partial charge in [0.25, 0.3) is 5.91 Å². The third-order valence-electron chi connectivity index (χ3n) is 3.49. The number of anilines is 1. The highest BCUT2D eigenvalue weighted by atomic mass is 16.1. The van der Waals surface area contributed by atoms with Gasteiger partial charge in [-0.3, -0.25) is 4.79 Å². The predicted octanol–water partition coefficient (Wildman–Crippen LogP) is 3.67. The molecule has 0 saturated carbocycles. The van der Waals surface area contributed by atoms with Crippen LogP contribution in [0.2, 0.25) is 0 Å². The summed E-state index contributed by atoms with van der Waals surface area (Å²) in [6, 6.07) is 14.0. The zero-order valence-corrected chi connectivity index (χ0v) is 12.9. The Morgan fingerprint density at radius 3 is 2.57 bits per heavy atom. The summed E-state index contributed by atoms with van der Waals surface area (Å²) in [4.78, 5) is 12.4. The molecule has 2 N–H and O–H groups in total. The summed E-state index contributed by atoms with van der Waals surface area (Å²) in [7, 11) is 0. The van der Waals surface area contributed by atoms with Crippen molar-refractivity contribution in [2.75, 3.05) is 11.9 Å². The van der Waals surface area contributed by atoms with E-state index in [2.05, 4.69) is 23.6 Å². The van der Waals surface area contributed by atoms with Crippen LogP contribution < -0.4 is 10.6 Å². The van der Waals surface area contributed by atoms with Gasteiger partial charge < -0.3 is 10.6 Å². The van der Waals surface area contributed by atoms with Gasteiger partial charge in [0, 0.05) is 18.8 Å². The highest BCUT2D eigenvalue weighted by Crippen LogP contribution is 2.17. The third kappa shape index (κ3) is 3.85. The minimum atomic E-state index is -0.0436. The van der Waals surface area contributed by atoms with E-state index in [1.54, 1.807) is 0 Å². The van der Waals surface area contributed by atoms with Crippen LogP contribution >= 0.6 is 0 Å². The van der Waals surface area contributed by atoms with E-state index < -0.39 is 0 Å². The molecule has 21 heavy (non-hydrogen) atoms. The van der Waals surface area contributed by atoms with E-state index in [0.29, 0.717) is 12.1 Å².